The molecule has 8 nitrogen and oxygen atoms in total. The van der Waals surface area contributed by atoms with Crippen molar-refractivity contribution in [1.82, 2.24) is 5.43 Å². The Labute approximate surface area is 175 Å². The number of methoxy groups -OCH3 is 2. The van der Waals surface area contributed by atoms with Crippen molar-refractivity contribution in [2.75, 3.05) is 19.5 Å². The van der Waals surface area contributed by atoms with E-state index in [9.17, 15) is 14.7 Å². The zero-order valence-corrected chi connectivity index (χ0v) is 17.2. The van der Waals surface area contributed by atoms with Crippen LogP contribution in [0.3, 0.4) is 0 Å². The molecule has 0 bridgehead atoms. The lowest BCUT2D eigenvalue weighted by molar-refractivity contribution is -0.121. The highest BCUT2D eigenvalue weighted by Crippen LogP contribution is 2.23. The van der Waals surface area contributed by atoms with E-state index >= 15 is 0 Å². The molecule has 0 saturated heterocycles. The van der Waals surface area contributed by atoms with E-state index in [-0.39, 0.29) is 17.6 Å². The molecular weight excluding hydrogens is 386 g/mol. The Morgan fingerprint density at radius 1 is 1.00 bits per heavy atom. The van der Waals surface area contributed by atoms with E-state index in [1.54, 1.807) is 50.6 Å². The number of carbonyl (C=O) groups excluding carboxylic acids is 2. The maximum Gasteiger partial charge on any atom is 0.240 e. The van der Waals surface area contributed by atoms with Gasteiger partial charge in [0.25, 0.3) is 0 Å². The Morgan fingerprint density at radius 2 is 1.73 bits per heavy atom. The van der Waals surface area contributed by atoms with E-state index in [0.29, 0.717) is 48.4 Å². The first-order valence-corrected chi connectivity index (χ1v) is 9.65. The van der Waals surface area contributed by atoms with Gasteiger partial charge in [0.15, 0.2) is 0 Å². The minimum absolute atomic E-state index is 0.0373. The Bertz CT molecular complexity index is 883. The summed E-state index contributed by atoms with van der Waals surface area (Å²) in [5, 5.41) is 16.3. The van der Waals surface area contributed by atoms with Gasteiger partial charge >= 0.3 is 0 Å². The molecule has 2 aromatic rings. The van der Waals surface area contributed by atoms with E-state index in [1.165, 1.54) is 12.3 Å². The molecule has 0 atom stereocenters. The first kappa shape index (κ1) is 22.7. The fourth-order valence-corrected chi connectivity index (χ4v) is 2.69. The van der Waals surface area contributed by atoms with Crippen LogP contribution in [0, 0.1) is 0 Å². The second-order valence-electron chi connectivity index (χ2n) is 6.53. The Balaban J connectivity index is 1.64. The number of hydrazone groups is 1. The quantitative estimate of drug-likeness (QED) is 0.226. The number of hydrogen-bond acceptors (Lipinski definition) is 6. The van der Waals surface area contributed by atoms with E-state index in [1.807, 2.05) is 0 Å². The van der Waals surface area contributed by atoms with Gasteiger partial charge in [-0.3, -0.25) is 9.59 Å². The van der Waals surface area contributed by atoms with E-state index in [4.69, 9.17) is 9.47 Å². The third-order valence-corrected chi connectivity index (χ3v) is 4.32. The summed E-state index contributed by atoms with van der Waals surface area (Å²) >= 11 is 0. The number of ether oxygens (including phenoxy) is 2. The zero-order valence-electron chi connectivity index (χ0n) is 17.2. The molecule has 2 aromatic carbocycles. The topological polar surface area (TPSA) is 109 Å². The average molecular weight is 413 g/mol. The van der Waals surface area contributed by atoms with E-state index in [2.05, 4.69) is 15.8 Å². The number of benzene rings is 2. The number of hydrogen-bond donors (Lipinski definition) is 3. The number of aromatic hydroxyl groups is 1. The molecular formula is C22H27N3O5. The normalized spacial score (nSPS) is 10.6. The molecule has 0 spiro atoms. The van der Waals surface area contributed by atoms with Gasteiger partial charge in [0, 0.05) is 24.5 Å². The van der Waals surface area contributed by atoms with Gasteiger partial charge in [0.2, 0.25) is 11.8 Å². The maximum atomic E-state index is 11.9. The van der Waals surface area contributed by atoms with Gasteiger partial charge in [-0.1, -0.05) is 18.6 Å². The molecule has 2 amide bonds. The number of carbonyl (C=O) groups is 2. The Morgan fingerprint density at radius 3 is 2.43 bits per heavy atom. The van der Waals surface area contributed by atoms with Crippen molar-refractivity contribution in [3.63, 3.8) is 0 Å². The fraction of sp³-hybridized carbons (Fsp3) is 0.318. The lowest BCUT2D eigenvalue weighted by atomic mass is 10.1. The van der Waals surface area contributed by atoms with Crippen molar-refractivity contribution in [1.29, 1.82) is 0 Å². The van der Waals surface area contributed by atoms with Crippen LogP contribution in [-0.4, -0.2) is 37.4 Å². The predicted molar refractivity (Wildman–Crippen MR) is 115 cm³/mol. The summed E-state index contributed by atoms with van der Waals surface area (Å²) in [6.45, 7) is 0. The number of rotatable bonds is 11. The van der Waals surface area contributed by atoms with Crippen molar-refractivity contribution in [2.45, 2.75) is 32.1 Å². The number of nitrogens with one attached hydrogen (secondary N) is 2. The monoisotopic (exact) mass is 413 g/mol. The molecule has 3 N–H and O–H groups in total. The molecule has 30 heavy (non-hydrogen) atoms. The molecule has 8 heteroatoms. The van der Waals surface area contributed by atoms with Gasteiger partial charge in [0.05, 0.1) is 26.1 Å². The van der Waals surface area contributed by atoms with Crippen LogP contribution in [0.5, 0.6) is 17.2 Å². The van der Waals surface area contributed by atoms with Crippen LogP contribution in [0.4, 0.5) is 5.69 Å². The minimum atomic E-state index is -0.197. The van der Waals surface area contributed by atoms with Crippen LogP contribution < -0.4 is 20.2 Å². The van der Waals surface area contributed by atoms with Crippen molar-refractivity contribution in [2.24, 2.45) is 5.10 Å². The van der Waals surface area contributed by atoms with Crippen LogP contribution in [0.1, 0.15) is 37.7 Å². The molecule has 0 heterocycles. The number of phenols is 1. The van der Waals surface area contributed by atoms with E-state index < -0.39 is 0 Å². The van der Waals surface area contributed by atoms with Crippen LogP contribution in [0.15, 0.2) is 47.6 Å². The van der Waals surface area contributed by atoms with Crippen LogP contribution in [0.2, 0.25) is 0 Å². The standard InChI is InChI=1S/C22H27N3O5/c1-29-17-13-12-16(20(14-17)30-2)15-23-25-22(28)11-5-3-4-10-21(27)24-18-8-6-7-9-19(18)26/h6-9,12-15,26H,3-5,10-11H2,1-2H3,(H,24,27)(H,25,28)/b23-15+. The van der Waals surface area contributed by atoms with Crippen LogP contribution in [0.25, 0.3) is 0 Å². The van der Waals surface area contributed by atoms with Gasteiger partial charge in [-0.15, -0.1) is 0 Å². The molecule has 160 valence electrons. The molecule has 0 saturated carbocycles. The molecule has 0 fully saturated rings. The molecule has 0 aromatic heterocycles. The highest BCUT2D eigenvalue weighted by molar-refractivity contribution is 5.92. The lowest BCUT2D eigenvalue weighted by Crippen LogP contribution is -2.17. The van der Waals surface area contributed by atoms with Crippen molar-refractivity contribution in [3.8, 4) is 17.2 Å². The third-order valence-electron chi connectivity index (χ3n) is 4.32. The Kier molecular flexibility index (Phi) is 9.18. The van der Waals surface area contributed by atoms with Crippen molar-refractivity contribution in [3.05, 3.63) is 48.0 Å². The van der Waals surface area contributed by atoms with Crippen LogP contribution in [-0.2, 0) is 9.59 Å². The molecule has 0 radical (unpaired) electrons. The Hall–Kier alpha value is -3.55. The number of amides is 2. The summed E-state index contributed by atoms with van der Waals surface area (Å²) in [4.78, 5) is 23.8. The predicted octanol–water partition coefficient (Wildman–Crippen LogP) is 3.45. The summed E-state index contributed by atoms with van der Waals surface area (Å²) in [6.07, 6.45) is 4.19. The van der Waals surface area contributed by atoms with Crippen molar-refractivity contribution >= 4 is 23.7 Å². The van der Waals surface area contributed by atoms with Gasteiger partial charge < -0.3 is 19.9 Å². The number of nitrogens with zero attached hydrogens (tertiary/aromatic N) is 1. The number of anilines is 1. The molecule has 2 rings (SSSR count). The first-order valence-electron chi connectivity index (χ1n) is 9.65. The maximum absolute atomic E-state index is 11.9. The summed E-state index contributed by atoms with van der Waals surface area (Å²) < 4.78 is 10.4. The summed E-state index contributed by atoms with van der Waals surface area (Å²) in [5.41, 5.74) is 3.60. The van der Waals surface area contributed by atoms with Gasteiger partial charge in [-0.25, -0.2) is 5.43 Å². The smallest absolute Gasteiger partial charge is 0.240 e. The molecule has 0 unspecified atom stereocenters. The zero-order chi connectivity index (χ0) is 21.8. The third kappa shape index (κ3) is 7.46. The number of phenolic OH excluding ortho intramolecular Hbond substituents is 1. The number of unbranched alkanes of at least 4 members (excludes halogenated alkanes) is 2. The average Bonchev–Trinajstić information content (AvgIpc) is 2.75. The van der Waals surface area contributed by atoms with Crippen molar-refractivity contribution < 1.29 is 24.2 Å². The SMILES string of the molecule is COc1ccc(/C=N/NC(=O)CCCCCC(=O)Nc2ccccc2O)c(OC)c1. The highest BCUT2D eigenvalue weighted by atomic mass is 16.5. The van der Waals surface area contributed by atoms with Crippen LogP contribution >= 0.6 is 0 Å². The first-order chi connectivity index (χ1) is 14.5. The number of para-hydroxylation sites is 2. The summed E-state index contributed by atoms with van der Waals surface area (Å²) in [7, 11) is 3.12. The second kappa shape index (κ2) is 12.1. The van der Waals surface area contributed by atoms with Gasteiger partial charge in [-0.05, 0) is 37.1 Å². The molecule has 0 aliphatic rings. The fourth-order valence-electron chi connectivity index (χ4n) is 2.69. The lowest BCUT2D eigenvalue weighted by Gasteiger charge is -2.07. The minimum Gasteiger partial charge on any atom is -0.506 e. The second-order valence-corrected chi connectivity index (χ2v) is 6.53. The van der Waals surface area contributed by atoms with E-state index in [0.717, 1.165) is 6.42 Å². The van der Waals surface area contributed by atoms with Gasteiger partial charge in [0.1, 0.15) is 17.2 Å². The summed E-state index contributed by atoms with van der Waals surface area (Å²) in [6, 6.07) is 11.9. The molecule has 0 aliphatic heterocycles. The molecule has 0 aliphatic carbocycles. The van der Waals surface area contributed by atoms with Gasteiger partial charge in [-0.2, -0.15) is 5.10 Å². The largest absolute Gasteiger partial charge is 0.506 e. The highest BCUT2D eigenvalue weighted by Gasteiger charge is 2.06. The summed E-state index contributed by atoms with van der Waals surface area (Å²) in [5.74, 6) is 0.934.